The van der Waals surface area contributed by atoms with Gasteiger partial charge in [0.1, 0.15) is 6.10 Å². The van der Waals surface area contributed by atoms with Gasteiger partial charge < -0.3 is 4.74 Å². The summed E-state index contributed by atoms with van der Waals surface area (Å²) in [4.78, 5) is 12.7. The second-order valence-electron chi connectivity index (χ2n) is 13.9. The summed E-state index contributed by atoms with van der Waals surface area (Å²) in [6.07, 6.45) is 17.0. The fraction of sp³-hybridized carbons (Fsp3) is 0.735. The average Bonchev–Trinajstić information content (AvgIpc) is 3.22. The first-order valence-corrected chi connectivity index (χ1v) is 15.2. The van der Waals surface area contributed by atoms with E-state index in [1.807, 2.05) is 30.3 Å². The maximum absolute atomic E-state index is 12.7. The van der Waals surface area contributed by atoms with E-state index in [0.29, 0.717) is 16.4 Å². The first-order chi connectivity index (χ1) is 17.2. The van der Waals surface area contributed by atoms with Crippen molar-refractivity contribution in [1.29, 1.82) is 0 Å². The summed E-state index contributed by atoms with van der Waals surface area (Å²) in [6, 6.07) is 9.49. The van der Waals surface area contributed by atoms with Crippen molar-refractivity contribution in [3.8, 4) is 0 Å². The smallest absolute Gasteiger partial charge is 0.338 e. The van der Waals surface area contributed by atoms with Gasteiger partial charge in [-0.25, -0.2) is 4.79 Å². The third kappa shape index (κ3) is 4.71. The number of carbonyl (C=O) groups excluding carboxylic acids is 1. The lowest BCUT2D eigenvalue weighted by atomic mass is 9.47. The van der Waals surface area contributed by atoms with E-state index in [1.54, 1.807) is 5.57 Å². The Balaban J connectivity index is 1.25. The van der Waals surface area contributed by atoms with Crippen LogP contribution in [0.15, 0.2) is 42.0 Å². The molecule has 0 saturated heterocycles. The van der Waals surface area contributed by atoms with Crippen molar-refractivity contribution in [3.63, 3.8) is 0 Å². The molecule has 1 aromatic rings. The van der Waals surface area contributed by atoms with Crippen LogP contribution in [0.25, 0.3) is 0 Å². The number of allylic oxidation sites excluding steroid dienone is 1. The van der Waals surface area contributed by atoms with E-state index in [2.05, 4.69) is 40.7 Å². The molecule has 0 unspecified atom stereocenters. The first-order valence-electron chi connectivity index (χ1n) is 15.2. The Hall–Kier alpha value is -1.57. The van der Waals surface area contributed by atoms with Crippen LogP contribution < -0.4 is 0 Å². The lowest BCUT2D eigenvalue weighted by molar-refractivity contribution is -0.0594. The van der Waals surface area contributed by atoms with Gasteiger partial charge in [0.05, 0.1) is 5.56 Å². The SMILES string of the molecule is CC(C)CCC[C@@H](C)[C@@H]1CC[C@H]2[C@@H]3CC=C4C[C@H](OC(=O)c5ccccc5)CC[C@@]4(C)[C@@H]3CC[C@@]21C. The van der Waals surface area contributed by atoms with Crippen LogP contribution in [0.5, 0.6) is 0 Å². The second-order valence-corrected chi connectivity index (χ2v) is 13.9. The van der Waals surface area contributed by atoms with Gasteiger partial charge in [0.25, 0.3) is 0 Å². The fourth-order valence-corrected chi connectivity index (χ4v) is 9.55. The predicted octanol–water partition coefficient (Wildman–Crippen LogP) is 9.25. The van der Waals surface area contributed by atoms with Crippen molar-refractivity contribution in [2.24, 2.45) is 46.3 Å². The third-order valence-electron chi connectivity index (χ3n) is 11.5. The Morgan fingerprint density at radius 1 is 0.972 bits per heavy atom. The van der Waals surface area contributed by atoms with E-state index in [1.165, 1.54) is 57.8 Å². The molecular weight excluding hydrogens is 440 g/mol. The maximum Gasteiger partial charge on any atom is 0.338 e. The van der Waals surface area contributed by atoms with Gasteiger partial charge in [0.15, 0.2) is 0 Å². The van der Waals surface area contributed by atoms with E-state index in [-0.39, 0.29) is 12.1 Å². The van der Waals surface area contributed by atoms with Crippen LogP contribution in [-0.2, 0) is 4.74 Å². The number of esters is 1. The van der Waals surface area contributed by atoms with E-state index in [0.717, 1.165) is 48.3 Å². The monoisotopic (exact) mass is 490 g/mol. The Morgan fingerprint density at radius 3 is 2.50 bits per heavy atom. The summed E-state index contributed by atoms with van der Waals surface area (Å²) in [7, 11) is 0. The highest BCUT2D eigenvalue weighted by Crippen LogP contribution is 2.67. The van der Waals surface area contributed by atoms with Crippen LogP contribution in [0.4, 0.5) is 0 Å². The average molecular weight is 491 g/mol. The number of fused-ring (bicyclic) bond motifs is 5. The Kier molecular flexibility index (Phi) is 7.45. The van der Waals surface area contributed by atoms with Crippen molar-refractivity contribution in [3.05, 3.63) is 47.5 Å². The molecule has 2 nitrogen and oxygen atoms in total. The molecular formula is C34H50O2. The van der Waals surface area contributed by atoms with Gasteiger partial charge >= 0.3 is 5.97 Å². The van der Waals surface area contributed by atoms with Gasteiger partial charge in [0.2, 0.25) is 0 Å². The molecule has 2 heteroatoms. The Morgan fingerprint density at radius 2 is 1.75 bits per heavy atom. The van der Waals surface area contributed by atoms with Gasteiger partial charge in [-0.3, -0.25) is 0 Å². The zero-order valence-electron chi connectivity index (χ0n) is 23.6. The number of ether oxygens (including phenoxy) is 1. The van der Waals surface area contributed by atoms with E-state index in [4.69, 9.17) is 4.74 Å². The molecule has 4 aliphatic carbocycles. The molecule has 0 N–H and O–H groups in total. The van der Waals surface area contributed by atoms with Gasteiger partial charge in [-0.05, 0) is 103 Å². The normalized spacial score (nSPS) is 38.5. The largest absolute Gasteiger partial charge is 0.458 e. The highest BCUT2D eigenvalue weighted by Gasteiger charge is 2.59. The summed E-state index contributed by atoms with van der Waals surface area (Å²) < 4.78 is 6.00. The van der Waals surface area contributed by atoms with Crippen molar-refractivity contribution in [1.82, 2.24) is 0 Å². The number of benzene rings is 1. The maximum atomic E-state index is 12.7. The molecule has 0 bridgehead atoms. The molecule has 0 heterocycles. The van der Waals surface area contributed by atoms with Crippen molar-refractivity contribution < 1.29 is 9.53 Å². The number of hydrogen-bond donors (Lipinski definition) is 0. The van der Waals surface area contributed by atoms with Crippen LogP contribution in [0.2, 0.25) is 0 Å². The molecule has 0 aromatic heterocycles. The minimum Gasteiger partial charge on any atom is -0.458 e. The molecule has 0 radical (unpaired) electrons. The lowest BCUT2D eigenvalue weighted by Crippen LogP contribution is -2.51. The summed E-state index contributed by atoms with van der Waals surface area (Å²) in [6.45, 7) is 12.6. The van der Waals surface area contributed by atoms with Crippen LogP contribution in [0, 0.1) is 46.3 Å². The molecule has 1 aromatic carbocycles. The zero-order valence-corrected chi connectivity index (χ0v) is 23.6. The molecule has 3 fully saturated rings. The van der Waals surface area contributed by atoms with Crippen LogP contribution in [0.3, 0.4) is 0 Å². The van der Waals surface area contributed by atoms with Crippen molar-refractivity contribution >= 4 is 5.97 Å². The predicted molar refractivity (Wildman–Crippen MR) is 149 cm³/mol. The summed E-state index contributed by atoms with van der Waals surface area (Å²) in [5.74, 6) is 5.03. The molecule has 0 aliphatic heterocycles. The quantitative estimate of drug-likeness (QED) is 0.281. The zero-order chi connectivity index (χ0) is 25.5. The van der Waals surface area contributed by atoms with Gasteiger partial charge in [-0.1, -0.05) is 83.7 Å². The highest BCUT2D eigenvalue weighted by atomic mass is 16.5. The summed E-state index contributed by atoms with van der Waals surface area (Å²) >= 11 is 0. The lowest BCUT2D eigenvalue weighted by Gasteiger charge is -2.58. The molecule has 3 saturated carbocycles. The summed E-state index contributed by atoms with van der Waals surface area (Å²) in [5.41, 5.74) is 3.12. The Labute approximate surface area is 220 Å². The number of rotatable bonds is 7. The van der Waals surface area contributed by atoms with E-state index < -0.39 is 0 Å². The van der Waals surface area contributed by atoms with Crippen molar-refractivity contribution in [2.75, 3.05) is 0 Å². The third-order valence-corrected chi connectivity index (χ3v) is 11.5. The van der Waals surface area contributed by atoms with Gasteiger partial charge in [0, 0.05) is 6.42 Å². The molecule has 5 rings (SSSR count). The van der Waals surface area contributed by atoms with Crippen LogP contribution >= 0.6 is 0 Å². The highest BCUT2D eigenvalue weighted by molar-refractivity contribution is 5.89. The molecule has 8 atom stereocenters. The van der Waals surface area contributed by atoms with E-state index >= 15 is 0 Å². The second kappa shape index (κ2) is 10.3. The number of hydrogen-bond acceptors (Lipinski definition) is 2. The molecule has 0 amide bonds. The molecule has 198 valence electrons. The Bertz CT molecular complexity index is 947. The van der Waals surface area contributed by atoms with Crippen LogP contribution in [0.1, 0.15) is 116 Å². The van der Waals surface area contributed by atoms with E-state index in [9.17, 15) is 4.79 Å². The van der Waals surface area contributed by atoms with Crippen molar-refractivity contribution in [2.45, 2.75) is 111 Å². The topological polar surface area (TPSA) is 26.3 Å². The van der Waals surface area contributed by atoms with Gasteiger partial charge in [-0.2, -0.15) is 0 Å². The minimum atomic E-state index is -0.161. The molecule has 0 spiro atoms. The van der Waals surface area contributed by atoms with Gasteiger partial charge in [-0.15, -0.1) is 0 Å². The molecule has 4 aliphatic rings. The fourth-order valence-electron chi connectivity index (χ4n) is 9.55. The summed E-state index contributed by atoms with van der Waals surface area (Å²) in [5, 5.41) is 0. The molecule has 36 heavy (non-hydrogen) atoms. The van der Waals surface area contributed by atoms with Crippen LogP contribution in [-0.4, -0.2) is 12.1 Å². The standard InChI is InChI=1S/C34H50O2/c1-23(2)10-9-11-24(3)29-16-17-30-28-15-14-26-22-27(36-32(35)25-12-7-6-8-13-25)18-20-33(26,4)31(28)19-21-34(29,30)5/h6-8,12-14,23-24,27-31H,9-11,15-22H2,1-5H3/t24-,27-,28+,29+,30+,31-,33-,34-/m1/s1. The first kappa shape index (κ1) is 26.1. The number of carbonyl (C=O) groups is 1. The minimum absolute atomic E-state index is 0.0324.